The maximum Gasteiger partial charge on any atom is 0.107 e. The van der Waals surface area contributed by atoms with Crippen molar-refractivity contribution in [3.8, 4) is 0 Å². The van der Waals surface area contributed by atoms with E-state index in [0.717, 1.165) is 16.7 Å². The van der Waals surface area contributed by atoms with E-state index in [1.54, 1.807) is 18.6 Å². The Bertz CT molecular complexity index is 385. The Kier molecular flexibility index (Phi) is 7.06. The summed E-state index contributed by atoms with van der Waals surface area (Å²) in [6.45, 7) is 9.94. The molecule has 0 spiro atoms. The fourth-order valence-electron chi connectivity index (χ4n) is 0.968. The van der Waals surface area contributed by atoms with Crippen LogP contribution < -0.4 is 0 Å². The molecule has 2 aromatic rings. The van der Waals surface area contributed by atoms with E-state index in [1.807, 2.05) is 40.7 Å². The second kappa shape index (κ2) is 7.85. The third-order valence-corrected chi connectivity index (χ3v) is 1.49. The summed E-state index contributed by atoms with van der Waals surface area (Å²) in [6.07, 6.45) is 5.08. The van der Waals surface area contributed by atoms with E-state index in [-0.39, 0.29) is 0 Å². The molecule has 3 nitrogen and oxygen atoms in total. The molecule has 15 heavy (non-hydrogen) atoms. The molecule has 2 aromatic heterocycles. The molecule has 0 aliphatic carbocycles. The van der Waals surface area contributed by atoms with E-state index < -0.39 is 0 Å². The van der Waals surface area contributed by atoms with Crippen LogP contribution >= 0.6 is 0 Å². The summed E-state index contributed by atoms with van der Waals surface area (Å²) in [7, 11) is 0. The summed E-state index contributed by atoms with van der Waals surface area (Å²) in [5, 5.41) is 0. The average Bonchev–Trinajstić information content (AvgIpc) is 2.34. The maximum atomic E-state index is 4.14. The van der Waals surface area contributed by atoms with Crippen molar-refractivity contribution in [2.24, 2.45) is 0 Å². The minimum atomic E-state index is 0.845. The lowest BCUT2D eigenvalue weighted by Gasteiger charge is -1.94. The number of fused-ring (bicyclic) bond motifs is 1. The first-order valence-corrected chi connectivity index (χ1v) is 5.39. The standard InChI is InChI=1S/C8H7N3.2C2H6/c1-6-4-7-8(5-11-6)10-3-2-9-7;2*1-2/h2-5H,1H3;2*1-2H3. The van der Waals surface area contributed by atoms with Gasteiger partial charge in [0, 0.05) is 18.1 Å². The van der Waals surface area contributed by atoms with Gasteiger partial charge >= 0.3 is 0 Å². The zero-order valence-corrected chi connectivity index (χ0v) is 10.2. The Morgan fingerprint density at radius 1 is 0.800 bits per heavy atom. The molecule has 0 bridgehead atoms. The molecule has 0 aliphatic heterocycles. The van der Waals surface area contributed by atoms with Crippen molar-refractivity contribution in [3.05, 3.63) is 30.4 Å². The molecule has 2 heterocycles. The fourth-order valence-corrected chi connectivity index (χ4v) is 0.968. The predicted octanol–water partition coefficient (Wildman–Crippen LogP) is 3.39. The summed E-state index contributed by atoms with van der Waals surface area (Å²) in [4.78, 5) is 12.3. The first-order valence-electron chi connectivity index (χ1n) is 5.39. The van der Waals surface area contributed by atoms with Gasteiger partial charge in [-0.25, -0.2) is 0 Å². The van der Waals surface area contributed by atoms with E-state index >= 15 is 0 Å². The van der Waals surface area contributed by atoms with E-state index in [9.17, 15) is 0 Å². The lowest BCUT2D eigenvalue weighted by atomic mass is 10.3. The van der Waals surface area contributed by atoms with Gasteiger partial charge in [-0.2, -0.15) is 0 Å². The van der Waals surface area contributed by atoms with Crippen molar-refractivity contribution in [3.63, 3.8) is 0 Å². The van der Waals surface area contributed by atoms with Crippen LogP contribution in [0.3, 0.4) is 0 Å². The van der Waals surface area contributed by atoms with Gasteiger partial charge in [0.1, 0.15) is 5.52 Å². The fraction of sp³-hybridized carbons (Fsp3) is 0.417. The van der Waals surface area contributed by atoms with Crippen molar-refractivity contribution in [2.45, 2.75) is 34.6 Å². The molecule has 0 aromatic carbocycles. The Morgan fingerprint density at radius 2 is 1.33 bits per heavy atom. The zero-order chi connectivity index (χ0) is 11.7. The SMILES string of the molecule is CC.CC.Cc1cc2nccnc2cn1. The predicted molar refractivity (Wildman–Crippen MR) is 64.8 cm³/mol. The van der Waals surface area contributed by atoms with Crippen LogP contribution in [0.15, 0.2) is 24.7 Å². The highest BCUT2D eigenvalue weighted by Crippen LogP contribution is 2.05. The molecular weight excluding hydrogens is 186 g/mol. The average molecular weight is 205 g/mol. The molecule has 82 valence electrons. The lowest BCUT2D eigenvalue weighted by Crippen LogP contribution is -1.85. The molecule has 0 amide bonds. The van der Waals surface area contributed by atoms with Crippen LogP contribution in [-0.4, -0.2) is 15.0 Å². The number of pyridine rings is 1. The smallest absolute Gasteiger partial charge is 0.107 e. The van der Waals surface area contributed by atoms with Gasteiger partial charge in [0.2, 0.25) is 0 Å². The molecule has 0 unspecified atom stereocenters. The van der Waals surface area contributed by atoms with E-state index in [0.29, 0.717) is 0 Å². The van der Waals surface area contributed by atoms with Crippen molar-refractivity contribution in [1.82, 2.24) is 15.0 Å². The van der Waals surface area contributed by atoms with Crippen molar-refractivity contribution < 1.29 is 0 Å². The van der Waals surface area contributed by atoms with Crippen LogP contribution in [0.4, 0.5) is 0 Å². The topological polar surface area (TPSA) is 38.7 Å². The molecule has 0 saturated heterocycles. The zero-order valence-electron chi connectivity index (χ0n) is 10.2. The first kappa shape index (κ1) is 13.5. The quantitative estimate of drug-likeness (QED) is 0.661. The number of nitrogens with zero attached hydrogens (tertiary/aromatic N) is 3. The summed E-state index contributed by atoms with van der Waals surface area (Å²) < 4.78 is 0. The van der Waals surface area contributed by atoms with Gasteiger partial charge in [0.05, 0.1) is 11.7 Å². The van der Waals surface area contributed by atoms with Gasteiger partial charge in [-0.1, -0.05) is 27.7 Å². The monoisotopic (exact) mass is 205 g/mol. The molecular formula is C12H19N3. The summed E-state index contributed by atoms with van der Waals surface area (Å²) >= 11 is 0. The summed E-state index contributed by atoms with van der Waals surface area (Å²) in [6, 6.07) is 1.92. The van der Waals surface area contributed by atoms with Gasteiger partial charge in [0.15, 0.2) is 0 Å². The van der Waals surface area contributed by atoms with Crippen LogP contribution in [0.25, 0.3) is 11.0 Å². The maximum absolute atomic E-state index is 4.14. The highest BCUT2D eigenvalue weighted by Gasteiger charge is 1.93. The molecule has 0 aliphatic rings. The van der Waals surface area contributed by atoms with Crippen molar-refractivity contribution >= 4 is 11.0 Å². The Labute approximate surface area is 91.6 Å². The van der Waals surface area contributed by atoms with Gasteiger partial charge in [-0.3, -0.25) is 15.0 Å². The summed E-state index contributed by atoms with van der Waals surface area (Å²) in [5.41, 5.74) is 2.72. The number of aromatic nitrogens is 3. The molecule has 0 atom stereocenters. The summed E-state index contributed by atoms with van der Waals surface area (Å²) in [5.74, 6) is 0. The number of aryl methyl sites for hydroxylation is 1. The molecule has 0 saturated carbocycles. The molecule has 2 rings (SSSR count). The molecule has 3 heteroatoms. The van der Waals surface area contributed by atoms with Crippen molar-refractivity contribution in [2.75, 3.05) is 0 Å². The molecule has 0 N–H and O–H groups in total. The largest absolute Gasteiger partial charge is 0.259 e. The molecule has 0 fully saturated rings. The minimum absolute atomic E-state index is 0.845. The number of hydrogen-bond acceptors (Lipinski definition) is 3. The van der Waals surface area contributed by atoms with Gasteiger partial charge in [-0.05, 0) is 13.0 Å². The van der Waals surface area contributed by atoms with Crippen LogP contribution in [0.5, 0.6) is 0 Å². The lowest BCUT2D eigenvalue weighted by molar-refractivity contribution is 1.18. The van der Waals surface area contributed by atoms with Crippen LogP contribution in [0.2, 0.25) is 0 Å². The normalized spacial score (nSPS) is 8.33. The van der Waals surface area contributed by atoms with E-state index in [1.165, 1.54) is 0 Å². The van der Waals surface area contributed by atoms with E-state index in [2.05, 4.69) is 15.0 Å². The molecule has 0 radical (unpaired) electrons. The third-order valence-electron chi connectivity index (χ3n) is 1.49. The highest BCUT2D eigenvalue weighted by molar-refractivity contribution is 5.72. The minimum Gasteiger partial charge on any atom is -0.259 e. The first-order chi connectivity index (χ1) is 7.36. The van der Waals surface area contributed by atoms with Crippen LogP contribution in [-0.2, 0) is 0 Å². The Morgan fingerprint density at radius 3 is 1.93 bits per heavy atom. The highest BCUT2D eigenvalue weighted by atomic mass is 14.8. The van der Waals surface area contributed by atoms with Crippen LogP contribution in [0, 0.1) is 6.92 Å². The number of hydrogen-bond donors (Lipinski definition) is 0. The van der Waals surface area contributed by atoms with E-state index in [4.69, 9.17) is 0 Å². The Balaban J connectivity index is 0.000000442. The van der Waals surface area contributed by atoms with Gasteiger partial charge < -0.3 is 0 Å². The van der Waals surface area contributed by atoms with Gasteiger partial charge in [-0.15, -0.1) is 0 Å². The Hall–Kier alpha value is -1.51. The second-order valence-corrected chi connectivity index (χ2v) is 2.37. The van der Waals surface area contributed by atoms with Crippen molar-refractivity contribution in [1.29, 1.82) is 0 Å². The number of rotatable bonds is 0. The van der Waals surface area contributed by atoms with Gasteiger partial charge in [0.25, 0.3) is 0 Å². The second-order valence-electron chi connectivity index (χ2n) is 2.37. The van der Waals surface area contributed by atoms with Crippen LogP contribution in [0.1, 0.15) is 33.4 Å². The third kappa shape index (κ3) is 4.02.